The fourth-order valence-corrected chi connectivity index (χ4v) is 2.92. The molecule has 0 aromatic heterocycles. The van der Waals surface area contributed by atoms with Gasteiger partial charge < -0.3 is 15.2 Å². The molecule has 2 amide bonds. The van der Waals surface area contributed by atoms with Crippen LogP contribution in [0.25, 0.3) is 0 Å². The van der Waals surface area contributed by atoms with Crippen LogP contribution in [-0.4, -0.2) is 52.5 Å². The number of benzene rings is 1. The number of hydrogen-bond donors (Lipinski definition) is 2. The molecule has 0 bridgehead atoms. The van der Waals surface area contributed by atoms with Crippen molar-refractivity contribution < 1.29 is 37.5 Å². The van der Waals surface area contributed by atoms with E-state index in [0.29, 0.717) is 7.05 Å². The Labute approximate surface area is 150 Å². The summed E-state index contributed by atoms with van der Waals surface area (Å²) in [6.45, 7) is 1.08. The number of ether oxygens (including phenoxy) is 1. The summed E-state index contributed by atoms with van der Waals surface area (Å²) in [5.41, 5.74) is -4.50. The van der Waals surface area contributed by atoms with Crippen LogP contribution in [-0.2, 0) is 9.53 Å². The van der Waals surface area contributed by atoms with E-state index in [4.69, 9.17) is 0 Å². The molecule has 1 fully saturated rings. The number of nitrogens with one attached hydrogen (secondary N) is 1. The van der Waals surface area contributed by atoms with Gasteiger partial charge in [0.25, 0.3) is 11.4 Å². The Hall–Kier alpha value is -2.89. The SMILES string of the molecule is CCOC(=O)C1C(c2cccc([N+](=O)[O-])c2)NC(=O)N(C)C1(O)C(F)(F)F. The van der Waals surface area contributed by atoms with Crippen LogP contribution in [0.15, 0.2) is 24.3 Å². The Bertz CT molecular complexity index is 771. The number of nitro groups is 1. The van der Waals surface area contributed by atoms with Crippen LogP contribution in [0.4, 0.5) is 23.7 Å². The van der Waals surface area contributed by atoms with Crippen LogP contribution in [0.2, 0.25) is 0 Å². The third kappa shape index (κ3) is 3.39. The van der Waals surface area contributed by atoms with Gasteiger partial charge in [0.1, 0.15) is 5.92 Å². The molecule has 1 aromatic carbocycles. The molecule has 2 N–H and O–H groups in total. The summed E-state index contributed by atoms with van der Waals surface area (Å²) >= 11 is 0. The van der Waals surface area contributed by atoms with Crippen LogP contribution in [0, 0.1) is 16.0 Å². The minimum Gasteiger partial charge on any atom is -0.466 e. The van der Waals surface area contributed by atoms with Gasteiger partial charge in [0.05, 0.1) is 17.6 Å². The highest BCUT2D eigenvalue weighted by Gasteiger charge is 2.69. The Kier molecular flexibility index (Phi) is 5.31. The first-order valence-corrected chi connectivity index (χ1v) is 7.69. The van der Waals surface area contributed by atoms with Gasteiger partial charge in [0.2, 0.25) is 0 Å². The van der Waals surface area contributed by atoms with Crippen molar-refractivity contribution in [1.29, 1.82) is 0 Å². The lowest BCUT2D eigenvalue weighted by atomic mass is 9.81. The Morgan fingerprint density at radius 3 is 2.63 bits per heavy atom. The van der Waals surface area contributed by atoms with Gasteiger partial charge in [-0.3, -0.25) is 19.8 Å². The molecule has 148 valence electrons. The number of carbonyl (C=O) groups is 2. The molecule has 0 aliphatic carbocycles. The first-order valence-electron chi connectivity index (χ1n) is 7.69. The molecule has 0 saturated carbocycles. The van der Waals surface area contributed by atoms with Crippen LogP contribution >= 0.6 is 0 Å². The molecule has 0 radical (unpaired) electrons. The summed E-state index contributed by atoms with van der Waals surface area (Å²) < 4.78 is 45.8. The van der Waals surface area contributed by atoms with Gasteiger partial charge in [-0.05, 0) is 12.5 Å². The number of nitrogens with zero attached hydrogens (tertiary/aromatic N) is 2. The summed E-state index contributed by atoms with van der Waals surface area (Å²) in [5.74, 6) is -3.73. The molecular formula is C15H16F3N3O6. The first kappa shape index (κ1) is 20.4. The summed E-state index contributed by atoms with van der Waals surface area (Å²) in [7, 11) is 0.679. The lowest BCUT2D eigenvalue weighted by Gasteiger charge is -2.49. The molecule has 9 nitrogen and oxygen atoms in total. The molecule has 0 spiro atoms. The van der Waals surface area contributed by atoms with E-state index in [1.54, 1.807) is 0 Å². The fraction of sp³-hybridized carbons (Fsp3) is 0.467. The topological polar surface area (TPSA) is 122 Å². The van der Waals surface area contributed by atoms with E-state index in [1.807, 2.05) is 0 Å². The van der Waals surface area contributed by atoms with Crippen molar-refractivity contribution in [2.45, 2.75) is 24.9 Å². The van der Waals surface area contributed by atoms with Gasteiger partial charge in [-0.15, -0.1) is 0 Å². The zero-order chi connectivity index (χ0) is 20.6. The highest BCUT2D eigenvalue weighted by molar-refractivity contribution is 5.83. The summed E-state index contributed by atoms with van der Waals surface area (Å²) in [6.07, 6.45) is -5.41. The van der Waals surface area contributed by atoms with Gasteiger partial charge in [-0.1, -0.05) is 12.1 Å². The lowest BCUT2D eigenvalue weighted by Crippen LogP contribution is -2.73. The Morgan fingerprint density at radius 1 is 1.48 bits per heavy atom. The number of non-ortho nitro benzene ring substituents is 1. The summed E-state index contributed by atoms with van der Waals surface area (Å²) in [4.78, 5) is 34.5. The highest BCUT2D eigenvalue weighted by Crippen LogP contribution is 2.47. The van der Waals surface area contributed by atoms with Gasteiger partial charge >= 0.3 is 18.2 Å². The number of alkyl halides is 3. The monoisotopic (exact) mass is 391 g/mol. The molecule has 1 heterocycles. The third-order valence-corrected chi connectivity index (χ3v) is 4.26. The fourth-order valence-electron chi connectivity index (χ4n) is 2.92. The van der Waals surface area contributed by atoms with Crippen LogP contribution in [0.1, 0.15) is 18.5 Å². The third-order valence-electron chi connectivity index (χ3n) is 4.26. The van der Waals surface area contributed by atoms with Gasteiger partial charge in [0.15, 0.2) is 0 Å². The molecule has 3 unspecified atom stereocenters. The number of halogens is 3. The zero-order valence-corrected chi connectivity index (χ0v) is 14.2. The van der Waals surface area contributed by atoms with Crippen molar-refractivity contribution in [1.82, 2.24) is 10.2 Å². The van der Waals surface area contributed by atoms with Gasteiger partial charge in [0, 0.05) is 19.2 Å². The number of esters is 1. The number of nitro benzene ring substituents is 1. The number of carbonyl (C=O) groups excluding carboxylic acids is 2. The smallest absolute Gasteiger partial charge is 0.437 e. The van der Waals surface area contributed by atoms with Crippen LogP contribution in [0.3, 0.4) is 0 Å². The highest BCUT2D eigenvalue weighted by atomic mass is 19.4. The number of aliphatic hydroxyl groups is 1. The second-order valence-electron chi connectivity index (χ2n) is 5.79. The van der Waals surface area contributed by atoms with Gasteiger partial charge in [-0.25, -0.2) is 4.79 Å². The van der Waals surface area contributed by atoms with Crippen molar-refractivity contribution in [3.8, 4) is 0 Å². The number of urea groups is 1. The Morgan fingerprint density at radius 2 is 2.11 bits per heavy atom. The predicted molar refractivity (Wildman–Crippen MR) is 83.3 cm³/mol. The first-order chi connectivity index (χ1) is 12.4. The van der Waals surface area contributed by atoms with E-state index in [1.165, 1.54) is 19.1 Å². The number of rotatable bonds is 4. The Balaban J connectivity index is 2.67. The molecule has 2 rings (SSSR count). The standard InChI is InChI=1S/C15H16F3N3O6/c1-3-27-12(22)10-11(8-5-4-6-9(7-8)21(25)26)19-13(23)20(2)14(10,24)15(16,17)18/h4-7,10-11,24H,3H2,1-2H3,(H,19,23). The minimum absolute atomic E-state index is 0.0392. The molecule has 1 aromatic rings. The van der Waals surface area contributed by atoms with Gasteiger partial charge in [-0.2, -0.15) is 13.2 Å². The molecule has 27 heavy (non-hydrogen) atoms. The molecule has 3 atom stereocenters. The maximum absolute atomic E-state index is 13.7. The van der Waals surface area contributed by atoms with Crippen LogP contribution < -0.4 is 5.32 Å². The molecule has 1 saturated heterocycles. The zero-order valence-electron chi connectivity index (χ0n) is 14.2. The average molecular weight is 391 g/mol. The minimum atomic E-state index is -5.41. The maximum Gasteiger partial charge on any atom is 0.437 e. The van der Waals surface area contributed by atoms with Crippen LogP contribution in [0.5, 0.6) is 0 Å². The normalized spacial score (nSPS) is 25.7. The molecule has 1 aliphatic rings. The second kappa shape index (κ2) is 7.02. The summed E-state index contributed by atoms with van der Waals surface area (Å²) in [5, 5.41) is 23.5. The van der Waals surface area contributed by atoms with E-state index < -0.39 is 46.5 Å². The largest absolute Gasteiger partial charge is 0.466 e. The second-order valence-corrected chi connectivity index (χ2v) is 5.79. The number of hydrogen-bond acceptors (Lipinski definition) is 6. The molecule has 12 heteroatoms. The predicted octanol–water partition coefficient (Wildman–Crippen LogP) is 1.72. The van der Waals surface area contributed by atoms with E-state index in [0.717, 1.165) is 12.1 Å². The van der Waals surface area contributed by atoms with Crippen molar-refractivity contribution in [3.63, 3.8) is 0 Å². The van der Waals surface area contributed by atoms with Crippen molar-refractivity contribution >= 4 is 17.7 Å². The van der Waals surface area contributed by atoms with E-state index in [9.17, 15) is 38.0 Å². The van der Waals surface area contributed by atoms with Crippen molar-refractivity contribution in [2.24, 2.45) is 5.92 Å². The molecular weight excluding hydrogens is 375 g/mol. The summed E-state index contributed by atoms with van der Waals surface area (Å²) in [6, 6.07) is 1.37. The van der Waals surface area contributed by atoms with E-state index in [-0.39, 0.29) is 17.1 Å². The lowest BCUT2D eigenvalue weighted by molar-refractivity contribution is -0.385. The van der Waals surface area contributed by atoms with E-state index >= 15 is 0 Å². The van der Waals surface area contributed by atoms with Crippen molar-refractivity contribution in [2.75, 3.05) is 13.7 Å². The van der Waals surface area contributed by atoms with E-state index in [2.05, 4.69) is 10.1 Å². The number of amides is 2. The molecule has 1 aliphatic heterocycles. The van der Waals surface area contributed by atoms with Crippen molar-refractivity contribution in [3.05, 3.63) is 39.9 Å². The quantitative estimate of drug-likeness (QED) is 0.458. The average Bonchev–Trinajstić information content (AvgIpc) is 2.58. The maximum atomic E-state index is 13.7.